The highest BCUT2D eigenvalue weighted by atomic mass is 16.4. The van der Waals surface area contributed by atoms with Gasteiger partial charge in [-0.05, 0) is 18.8 Å². The van der Waals surface area contributed by atoms with Crippen LogP contribution in [0.3, 0.4) is 0 Å². The molecule has 0 rings (SSSR count). The summed E-state index contributed by atoms with van der Waals surface area (Å²) in [4.78, 5) is 10.8. The third-order valence-corrected chi connectivity index (χ3v) is 2.13. The summed E-state index contributed by atoms with van der Waals surface area (Å²) in [6, 6.07) is 0. The fraction of sp³-hybridized carbons (Fsp3) is 0.778. The molecule has 0 unspecified atom stereocenters. The smallest absolute Gasteiger partial charge is 0.306 e. The number of hydrogen-bond acceptors (Lipinski definition) is 2. The van der Waals surface area contributed by atoms with Gasteiger partial charge in [-0.25, -0.2) is 0 Å². The predicted molar refractivity (Wildman–Crippen MR) is 55.1 cm³/mol. The van der Waals surface area contributed by atoms with Crippen molar-refractivity contribution < 1.29 is 9.90 Å². The summed E-state index contributed by atoms with van der Waals surface area (Å²) in [7, 11) is 0. The largest absolute Gasteiger partial charge is 0.481 e. The van der Waals surface area contributed by atoms with Crippen molar-refractivity contribution >= 4 is 11.9 Å². The fourth-order valence-corrected chi connectivity index (χ4v) is 1.29. The van der Waals surface area contributed by atoms with Crippen LogP contribution in [0.5, 0.6) is 0 Å². The van der Waals surface area contributed by atoms with Crippen LogP contribution in [-0.4, -0.2) is 23.6 Å². The molecule has 0 aromatic carbocycles. The average Bonchev–Trinajstić information content (AvgIpc) is 2.01. The molecule has 0 radical (unpaired) electrons. The minimum atomic E-state index is -0.747. The van der Waals surface area contributed by atoms with E-state index in [-0.39, 0.29) is 17.8 Å². The Balaban J connectivity index is 3.73. The van der Waals surface area contributed by atoms with Crippen molar-refractivity contribution in [3.8, 4) is 0 Å². The molecule has 0 spiro atoms. The Hall–Kier alpha value is -1.26. The molecule has 0 saturated carbocycles. The van der Waals surface area contributed by atoms with E-state index in [1.165, 1.54) is 0 Å². The van der Waals surface area contributed by atoms with Crippen LogP contribution in [0.25, 0.3) is 0 Å². The van der Waals surface area contributed by atoms with Crippen molar-refractivity contribution in [2.45, 2.75) is 26.7 Å². The maximum absolute atomic E-state index is 10.8. The Bertz CT molecular complexity index is 204. The van der Waals surface area contributed by atoms with Crippen LogP contribution < -0.4 is 11.1 Å². The van der Waals surface area contributed by atoms with Crippen LogP contribution >= 0.6 is 0 Å². The monoisotopic (exact) mass is 201 g/mol. The van der Waals surface area contributed by atoms with Gasteiger partial charge in [-0.3, -0.25) is 10.2 Å². The third kappa shape index (κ3) is 5.40. The first-order chi connectivity index (χ1) is 6.45. The minimum Gasteiger partial charge on any atom is -0.481 e. The average molecular weight is 201 g/mol. The summed E-state index contributed by atoms with van der Waals surface area (Å²) in [6.45, 7) is 4.36. The summed E-state index contributed by atoms with van der Waals surface area (Å²) in [5.74, 6) is -0.974. The topological polar surface area (TPSA) is 99.2 Å². The summed E-state index contributed by atoms with van der Waals surface area (Å²) in [5, 5.41) is 18.4. The molecule has 0 bridgehead atoms. The second-order valence-electron chi connectivity index (χ2n) is 3.67. The normalized spacial score (nSPS) is 12.5. The lowest BCUT2D eigenvalue weighted by Crippen LogP contribution is -2.31. The highest BCUT2D eigenvalue weighted by molar-refractivity contribution is 5.74. The number of nitrogens with two attached hydrogens (primary N) is 1. The van der Waals surface area contributed by atoms with Gasteiger partial charge in [0.05, 0.1) is 5.92 Å². The molecule has 82 valence electrons. The van der Waals surface area contributed by atoms with Gasteiger partial charge in [-0.15, -0.1) is 0 Å². The molecular weight excluding hydrogens is 182 g/mol. The Morgan fingerprint density at radius 1 is 1.57 bits per heavy atom. The molecule has 5 N–H and O–H groups in total. The molecule has 1 atom stereocenters. The number of rotatable bonds is 6. The van der Waals surface area contributed by atoms with Gasteiger partial charge in [0.1, 0.15) is 0 Å². The van der Waals surface area contributed by atoms with E-state index in [9.17, 15) is 4.79 Å². The molecule has 0 aromatic heterocycles. The highest BCUT2D eigenvalue weighted by Gasteiger charge is 2.20. The van der Waals surface area contributed by atoms with Gasteiger partial charge >= 0.3 is 5.97 Å². The SMILES string of the molecule is CC(C)[C@@H](CCCNC(=N)N)C(=O)O. The second kappa shape index (κ2) is 6.23. The molecule has 0 aliphatic rings. The van der Waals surface area contributed by atoms with Crippen molar-refractivity contribution in [1.29, 1.82) is 5.41 Å². The lowest BCUT2D eigenvalue weighted by atomic mass is 9.91. The van der Waals surface area contributed by atoms with Crippen LogP contribution in [0.1, 0.15) is 26.7 Å². The van der Waals surface area contributed by atoms with E-state index in [2.05, 4.69) is 5.32 Å². The van der Waals surface area contributed by atoms with E-state index < -0.39 is 5.97 Å². The first kappa shape index (κ1) is 12.7. The fourth-order valence-electron chi connectivity index (χ4n) is 1.29. The number of aliphatic carboxylic acids is 1. The quantitative estimate of drug-likeness (QED) is 0.287. The summed E-state index contributed by atoms with van der Waals surface area (Å²) in [5.41, 5.74) is 5.08. The van der Waals surface area contributed by atoms with Crippen LogP contribution in [0.15, 0.2) is 0 Å². The van der Waals surface area contributed by atoms with Crippen LogP contribution in [0.4, 0.5) is 0 Å². The minimum absolute atomic E-state index is 0.0681. The number of hydrogen-bond donors (Lipinski definition) is 4. The van der Waals surface area contributed by atoms with Crippen LogP contribution in [0.2, 0.25) is 0 Å². The zero-order valence-electron chi connectivity index (χ0n) is 8.71. The Morgan fingerprint density at radius 3 is 2.50 bits per heavy atom. The molecule has 0 heterocycles. The number of guanidine groups is 1. The second-order valence-corrected chi connectivity index (χ2v) is 3.67. The Kier molecular flexibility index (Phi) is 5.67. The molecule has 0 aromatic rings. The third-order valence-electron chi connectivity index (χ3n) is 2.13. The van der Waals surface area contributed by atoms with Crippen molar-refractivity contribution in [3.63, 3.8) is 0 Å². The lowest BCUT2D eigenvalue weighted by Gasteiger charge is -2.15. The van der Waals surface area contributed by atoms with Gasteiger partial charge < -0.3 is 16.2 Å². The summed E-state index contributed by atoms with van der Waals surface area (Å²) in [6.07, 6.45) is 1.34. The van der Waals surface area contributed by atoms with Gasteiger partial charge in [0.25, 0.3) is 0 Å². The van der Waals surface area contributed by atoms with Crippen molar-refractivity contribution in [3.05, 3.63) is 0 Å². The van der Waals surface area contributed by atoms with Crippen molar-refractivity contribution in [1.82, 2.24) is 5.32 Å². The number of carboxylic acid groups (broad SMARTS) is 1. The van der Waals surface area contributed by atoms with E-state index in [0.29, 0.717) is 19.4 Å². The van der Waals surface area contributed by atoms with Crippen molar-refractivity contribution in [2.24, 2.45) is 17.6 Å². The molecule has 0 aliphatic carbocycles. The zero-order valence-corrected chi connectivity index (χ0v) is 8.71. The Morgan fingerprint density at radius 2 is 2.14 bits per heavy atom. The van der Waals surface area contributed by atoms with E-state index in [0.717, 1.165) is 0 Å². The van der Waals surface area contributed by atoms with Gasteiger partial charge in [-0.2, -0.15) is 0 Å². The number of carbonyl (C=O) groups is 1. The van der Waals surface area contributed by atoms with Gasteiger partial charge in [0.15, 0.2) is 5.96 Å². The van der Waals surface area contributed by atoms with E-state index in [1.54, 1.807) is 0 Å². The molecule has 0 amide bonds. The zero-order chi connectivity index (χ0) is 11.1. The van der Waals surface area contributed by atoms with Gasteiger partial charge in [-0.1, -0.05) is 13.8 Å². The van der Waals surface area contributed by atoms with E-state index in [1.807, 2.05) is 13.8 Å². The maximum Gasteiger partial charge on any atom is 0.306 e. The standard InChI is InChI=1S/C9H19N3O2/c1-6(2)7(8(13)14)4-3-5-12-9(10)11/h6-7H,3-5H2,1-2H3,(H,13,14)(H4,10,11,12)/t7-/m1/s1. The van der Waals surface area contributed by atoms with Gasteiger partial charge in [0, 0.05) is 6.54 Å². The van der Waals surface area contributed by atoms with Crippen molar-refractivity contribution in [2.75, 3.05) is 6.54 Å². The van der Waals surface area contributed by atoms with Crippen LogP contribution in [-0.2, 0) is 4.79 Å². The molecular formula is C9H19N3O2. The van der Waals surface area contributed by atoms with Gasteiger partial charge in [0.2, 0.25) is 0 Å². The summed E-state index contributed by atoms with van der Waals surface area (Å²) < 4.78 is 0. The molecule has 0 saturated heterocycles. The molecule has 0 aliphatic heterocycles. The highest BCUT2D eigenvalue weighted by Crippen LogP contribution is 2.16. The first-order valence-electron chi connectivity index (χ1n) is 4.75. The summed E-state index contributed by atoms with van der Waals surface area (Å²) >= 11 is 0. The predicted octanol–water partition coefficient (Wildman–Crippen LogP) is 0.606. The molecule has 5 nitrogen and oxygen atoms in total. The number of carboxylic acids is 1. The molecule has 14 heavy (non-hydrogen) atoms. The maximum atomic E-state index is 10.8. The molecule has 5 heteroatoms. The number of nitrogens with one attached hydrogen (secondary N) is 2. The lowest BCUT2D eigenvalue weighted by molar-refractivity contribution is -0.143. The van der Waals surface area contributed by atoms with E-state index >= 15 is 0 Å². The van der Waals surface area contributed by atoms with Crippen LogP contribution in [0, 0.1) is 17.2 Å². The molecule has 0 fully saturated rings. The van der Waals surface area contributed by atoms with E-state index in [4.69, 9.17) is 16.2 Å². The first-order valence-corrected chi connectivity index (χ1v) is 4.75. The Labute approximate surface area is 84.2 Å².